The van der Waals surface area contributed by atoms with Gasteiger partial charge in [-0.25, -0.2) is 4.39 Å². The number of nitrogens with zero attached hydrogens (tertiary/aromatic N) is 1. The van der Waals surface area contributed by atoms with Gasteiger partial charge in [-0.3, -0.25) is 9.78 Å². The Balaban J connectivity index is 2.17. The lowest BCUT2D eigenvalue weighted by molar-refractivity contribution is 0.0922. The Morgan fingerprint density at radius 3 is 2.71 bits per heavy atom. The Morgan fingerprint density at radius 1 is 1.36 bits per heavy atom. The fraction of sp³-hybridized carbons (Fsp3) is 0.455. The minimum absolute atomic E-state index is 0.0505. The molecule has 1 fully saturated rings. The van der Waals surface area contributed by atoms with Gasteiger partial charge in [0.1, 0.15) is 5.82 Å². The van der Waals surface area contributed by atoms with Gasteiger partial charge in [-0.05, 0) is 18.9 Å². The van der Waals surface area contributed by atoms with Crippen LogP contribution in [0.3, 0.4) is 0 Å². The Hall–Kier alpha value is -1.25. The topological polar surface area (TPSA) is 30.0 Å². The molecule has 1 aliphatic carbocycles. The number of carbonyl (C=O) groups excluding carboxylic acids is 1. The number of Topliss-reactive ketones (excluding diaryl/α,β-unsaturated/α-hetero) is 1. The molecule has 74 valence electrons. The lowest BCUT2D eigenvalue weighted by atomic mass is 9.97. The quantitative estimate of drug-likeness (QED) is 0.676. The molecule has 1 saturated carbocycles. The number of halogens is 1. The SMILES string of the molecule is O=C(c1cncc(F)c1)C1CCCC1. The van der Waals surface area contributed by atoms with E-state index in [1.807, 2.05) is 0 Å². The van der Waals surface area contributed by atoms with Gasteiger partial charge in [0, 0.05) is 17.7 Å². The van der Waals surface area contributed by atoms with Crippen molar-refractivity contribution in [1.29, 1.82) is 0 Å². The van der Waals surface area contributed by atoms with E-state index in [0.717, 1.165) is 31.9 Å². The summed E-state index contributed by atoms with van der Waals surface area (Å²) >= 11 is 0. The van der Waals surface area contributed by atoms with Crippen LogP contribution in [0.4, 0.5) is 4.39 Å². The highest BCUT2D eigenvalue weighted by Crippen LogP contribution is 2.27. The average Bonchev–Trinajstić information content (AvgIpc) is 2.69. The number of rotatable bonds is 2. The first-order valence-corrected chi connectivity index (χ1v) is 4.92. The molecule has 0 aromatic carbocycles. The van der Waals surface area contributed by atoms with E-state index in [1.54, 1.807) is 0 Å². The van der Waals surface area contributed by atoms with E-state index in [9.17, 15) is 9.18 Å². The van der Waals surface area contributed by atoms with E-state index in [1.165, 1.54) is 12.3 Å². The van der Waals surface area contributed by atoms with E-state index < -0.39 is 5.82 Å². The third-order valence-electron chi connectivity index (χ3n) is 2.72. The third kappa shape index (κ3) is 1.81. The highest BCUT2D eigenvalue weighted by Gasteiger charge is 2.23. The van der Waals surface area contributed by atoms with Crippen LogP contribution in [-0.4, -0.2) is 10.8 Å². The molecule has 1 aliphatic rings. The van der Waals surface area contributed by atoms with Crippen LogP contribution in [0, 0.1) is 11.7 Å². The van der Waals surface area contributed by atoms with E-state index >= 15 is 0 Å². The van der Waals surface area contributed by atoms with Crippen LogP contribution in [0.1, 0.15) is 36.0 Å². The number of carbonyl (C=O) groups is 1. The van der Waals surface area contributed by atoms with Crippen LogP contribution in [-0.2, 0) is 0 Å². The van der Waals surface area contributed by atoms with Crippen LogP contribution in [0.25, 0.3) is 0 Å². The van der Waals surface area contributed by atoms with Crippen molar-refractivity contribution in [2.45, 2.75) is 25.7 Å². The van der Waals surface area contributed by atoms with Gasteiger partial charge in [0.2, 0.25) is 0 Å². The summed E-state index contributed by atoms with van der Waals surface area (Å²) < 4.78 is 12.8. The molecule has 0 bridgehead atoms. The molecule has 2 nitrogen and oxygen atoms in total. The van der Waals surface area contributed by atoms with Gasteiger partial charge in [-0.2, -0.15) is 0 Å². The van der Waals surface area contributed by atoms with Crippen molar-refractivity contribution in [3.63, 3.8) is 0 Å². The number of hydrogen-bond donors (Lipinski definition) is 0. The second-order valence-electron chi connectivity index (χ2n) is 3.74. The van der Waals surface area contributed by atoms with Crippen LogP contribution in [0.15, 0.2) is 18.5 Å². The van der Waals surface area contributed by atoms with E-state index in [2.05, 4.69) is 4.98 Å². The van der Waals surface area contributed by atoms with Gasteiger partial charge in [0.25, 0.3) is 0 Å². The van der Waals surface area contributed by atoms with Gasteiger partial charge < -0.3 is 0 Å². The fourth-order valence-corrected chi connectivity index (χ4v) is 1.97. The molecule has 14 heavy (non-hydrogen) atoms. The second kappa shape index (κ2) is 3.86. The Morgan fingerprint density at radius 2 is 2.07 bits per heavy atom. The van der Waals surface area contributed by atoms with Gasteiger partial charge >= 0.3 is 0 Å². The molecule has 0 aliphatic heterocycles. The van der Waals surface area contributed by atoms with Crippen molar-refractivity contribution in [2.24, 2.45) is 5.92 Å². The van der Waals surface area contributed by atoms with Crippen LogP contribution >= 0.6 is 0 Å². The van der Waals surface area contributed by atoms with Gasteiger partial charge in [-0.15, -0.1) is 0 Å². The Labute approximate surface area is 82.2 Å². The highest BCUT2D eigenvalue weighted by molar-refractivity contribution is 5.97. The van der Waals surface area contributed by atoms with Crippen molar-refractivity contribution in [2.75, 3.05) is 0 Å². The molecule has 1 aromatic rings. The Bertz CT molecular complexity index is 345. The largest absolute Gasteiger partial charge is 0.294 e. The monoisotopic (exact) mass is 193 g/mol. The molecule has 0 amide bonds. The smallest absolute Gasteiger partial charge is 0.167 e. The zero-order valence-electron chi connectivity index (χ0n) is 7.87. The summed E-state index contributed by atoms with van der Waals surface area (Å²) in [4.78, 5) is 15.5. The van der Waals surface area contributed by atoms with E-state index in [4.69, 9.17) is 0 Å². The van der Waals surface area contributed by atoms with Gasteiger partial charge in [0.05, 0.1) is 6.20 Å². The molecule has 0 unspecified atom stereocenters. The molecular weight excluding hydrogens is 181 g/mol. The molecule has 0 N–H and O–H groups in total. The first-order chi connectivity index (χ1) is 6.77. The molecule has 0 atom stereocenters. The van der Waals surface area contributed by atoms with Crippen LogP contribution in [0.2, 0.25) is 0 Å². The molecule has 1 heterocycles. The third-order valence-corrected chi connectivity index (χ3v) is 2.72. The summed E-state index contributed by atoms with van der Waals surface area (Å²) in [5.41, 5.74) is 0.414. The maximum Gasteiger partial charge on any atom is 0.167 e. The van der Waals surface area contributed by atoms with Gasteiger partial charge in [-0.1, -0.05) is 12.8 Å². The predicted octanol–water partition coefficient (Wildman–Crippen LogP) is 2.59. The van der Waals surface area contributed by atoms with Crippen molar-refractivity contribution in [3.8, 4) is 0 Å². The fourth-order valence-electron chi connectivity index (χ4n) is 1.97. The zero-order chi connectivity index (χ0) is 9.97. The molecular formula is C11H12FNO. The molecule has 2 rings (SSSR count). The Kier molecular flexibility index (Phi) is 2.57. The average molecular weight is 193 g/mol. The van der Waals surface area contributed by atoms with E-state index in [-0.39, 0.29) is 11.7 Å². The maximum absolute atomic E-state index is 12.8. The van der Waals surface area contributed by atoms with Crippen molar-refractivity contribution >= 4 is 5.78 Å². The standard InChI is InChI=1S/C11H12FNO/c12-10-5-9(6-13-7-10)11(14)8-3-1-2-4-8/h5-8H,1-4H2. The number of ketones is 1. The summed E-state index contributed by atoms with van der Waals surface area (Å²) in [5.74, 6) is -0.290. The lowest BCUT2D eigenvalue weighted by Gasteiger charge is -2.06. The zero-order valence-corrected chi connectivity index (χ0v) is 7.87. The minimum atomic E-state index is -0.436. The van der Waals surface area contributed by atoms with Crippen LogP contribution in [0.5, 0.6) is 0 Å². The normalized spacial score (nSPS) is 17.2. The first kappa shape index (κ1) is 9.31. The highest BCUT2D eigenvalue weighted by atomic mass is 19.1. The first-order valence-electron chi connectivity index (χ1n) is 4.92. The van der Waals surface area contributed by atoms with Crippen molar-refractivity contribution in [1.82, 2.24) is 4.98 Å². The maximum atomic E-state index is 12.8. The molecule has 3 heteroatoms. The number of pyridine rings is 1. The summed E-state index contributed by atoms with van der Waals surface area (Å²) in [7, 11) is 0. The molecule has 0 saturated heterocycles. The predicted molar refractivity (Wildman–Crippen MR) is 50.5 cm³/mol. The summed E-state index contributed by atoms with van der Waals surface area (Å²) in [6, 6.07) is 1.27. The van der Waals surface area contributed by atoms with Crippen LogP contribution < -0.4 is 0 Å². The van der Waals surface area contributed by atoms with E-state index in [0.29, 0.717) is 5.56 Å². The van der Waals surface area contributed by atoms with Gasteiger partial charge in [0.15, 0.2) is 5.78 Å². The minimum Gasteiger partial charge on any atom is -0.294 e. The summed E-state index contributed by atoms with van der Waals surface area (Å²) in [6.07, 6.45) is 6.66. The van der Waals surface area contributed by atoms with Crippen molar-refractivity contribution in [3.05, 3.63) is 29.8 Å². The van der Waals surface area contributed by atoms with Crippen molar-refractivity contribution < 1.29 is 9.18 Å². The molecule has 1 aromatic heterocycles. The molecule has 0 radical (unpaired) electrons. The summed E-state index contributed by atoms with van der Waals surface area (Å²) in [5, 5.41) is 0. The number of aromatic nitrogens is 1. The number of hydrogen-bond acceptors (Lipinski definition) is 2. The molecule has 0 spiro atoms. The summed E-state index contributed by atoms with van der Waals surface area (Å²) in [6.45, 7) is 0. The lowest BCUT2D eigenvalue weighted by Crippen LogP contribution is -2.11. The second-order valence-corrected chi connectivity index (χ2v) is 3.74.